The molecule has 0 atom stereocenters. The number of anilines is 4. The Kier molecular flexibility index (Phi) is 5.46. The van der Waals surface area contributed by atoms with Crippen LogP contribution in [0.25, 0.3) is 0 Å². The lowest BCUT2D eigenvalue weighted by molar-refractivity contribution is 0.342. The molecule has 0 unspecified atom stereocenters. The van der Waals surface area contributed by atoms with Crippen LogP contribution in [-0.4, -0.2) is 16.6 Å². The van der Waals surface area contributed by atoms with Crippen molar-refractivity contribution in [3.05, 3.63) is 66.4 Å². The van der Waals surface area contributed by atoms with E-state index in [4.69, 9.17) is 4.74 Å². The maximum atomic E-state index is 5.62. The normalized spacial score (nSPS) is 10.3. The lowest BCUT2D eigenvalue weighted by Crippen LogP contribution is -2.02. The zero-order valence-corrected chi connectivity index (χ0v) is 14.5. The van der Waals surface area contributed by atoms with Crippen LogP contribution in [0.3, 0.4) is 0 Å². The largest absolute Gasteiger partial charge is 0.492 e. The molecule has 1 heterocycles. The van der Waals surface area contributed by atoms with E-state index in [0.29, 0.717) is 12.6 Å². The lowest BCUT2D eigenvalue weighted by Gasteiger charge is -2.12. The molecular formula is C20H22N4O. The van der Waals surface area contributed by atoms with E-state index in [9.17, 15) is 0 Å². The molecule has 0 bridgehead atoms. The fraction of sp³-hybridized carbons (Fsp3) is 0.200. The Morgan fingerprint density at radius 3 is 2.48 bits per heavy atom. The maximum absolute atomic E-state index is 5.62. The third-order valence-corrected chi connectivity index (χ3v) is 3.72. The van der Waals surface area contributed by atoms with Gasteiger partial charge in [-0.05, 0) is 49.2 Å². The van der Waals surface area contributed by atoms with Gasteiger partial charge in [0, 0.05) is 11.9 Å². The van der Waals surface area contributed by atoms with E-state index in [0.717, 1.165) is 29.4 Å². The van der Waals surface area contributed by atoms with E-state index in [1.807, 2.05) is 37.3 Å². The van der Waals surface area contributed by atoms with Crippen LogP contribution in [0.5, 0.6) is 5.75 Å². The summed E-state index contributed by atoms with van der Waals surface area (Å²) in [5, 5.41) is 6.51. The molecule has 0 spiro atoms. The number of benzene rings is 2. The molecule has 128 valence electrons. The monoisotopic (exact) mass is 334 g/mol. The van der Waals surface area contributed by atoms with Crippen molar-refractivity contribution >= 4 is 23.1 Å². The van der Waals surface area contributed by atoms with Crippen LogP contribution in [0.2, 0.25) is 0 Å². The van der Waals surface area contributed by atoms with Crippen molar-refractivity contribution in [3.63, 3.8) is 0 Å². The molecule has 0 aliphatic carbocycles. The maximum Gasteiger partial charge on any atom is 0.229 e. The first-order chi connectivity index (χ1) is 12.3. The first kappa shape index (κ1) is 16.8. The highest BCUT2D eigenvalue weighted by atomic mass is 16.5. The van der Waals surface area contributed by atoms with E-state index in [-0.39, 0.29) is 0 Å². The predicted octanol–water partition coefficient (Wildman–Crippen LogP) is 4.92. The number of aryl methyl sites for hydroxylation is 1. The second kappa shape index (κ2) is 8.15. The predicted molar refractivity (Wildman–Crippen MR) is 102 cm³/mol. The molecule has 0 radical (unpaired) electrons. The zero-order chi connectivity index (χ0) is 17.5. The van der Waals surface area contributed by atoms with Gasteiger partial charge in [0.25, 0.3) is 0 Å². The summed E-state index contributed by atoms with van der Waals surface area (Å²) in [7, 11) is 0. The number of nitrogens with one attached hydrogen (secondary N) is 2. The standard InChI is InChI=1S/C20H22N4O/c1-3-15-9-11-16(12-10-15)22-19-13-14-21-20(24-19)23-17-7-5-6-8-18(17)25-4-2/h5-14H,3-4H2,1-2H3,(H2,21,22,23,24). The third kappa shape index (κ3) is 4.47. The van der Waals surface area contributed by atoms with Gasteiger partial charge in [0.15, 0.2) is 0 Å². The first-order valence-electron chi connectivity index (χ1n) is 8.46. The van der Waals surface area contributed by atoms with Crippen molar-refractivity contribution in [3.8, 4) is 5.75 Å². The van der Waals surface area contributed by atoms with Crippen molar-refractivity contribution in [2.75, 3.05) is 17.2 Å². The van der Waals surface area contributed by atoms with Gasteiger partial charge < -0.3 is 15.4 Å². The molecule has 5 heteroatoms. The zero-order valence-electron chi connectivity index (χ0n) is 14.5. The minimum Gasteiger partial charge on any atom is -0.492 e. The molecule has 0 amide bonds. The molecule has 1 aromatic heterocycles. The van der Waals surface area contributed by atoms with E-state index in [1.165, 1.54) is 5.56 Å². The molecule has 0 saturated carbocycles. The van der Waals surface area contributed by atoms with Crippen molar-refractivity contribution < 1.29 is 4.74 Å². The summed E-state index contributed by atoms with van der Waals surface area (Å²) in [6.07, 6.45) is 2.75. The minimum atomic E-state index is 0.516. The molecule has 0 aliphatic rings. The Balaban J connectivity index is 1.75. The first-order valence-corrected chi connectivity index (χ1v) is 8.46. The second-order valence-corrected chi connectivity index (χ2v) is 5.50. The summed E-state index contributed by atoms with van der Waals surface area (Å²) in [6.45, 7) is 4.71. The van der Waals surface area contributed by atoms with Gasteiger partial charge in [-0.15, -0.1) is 0 Å². The number of para-hydroxylation sites is 2. The van der Waals surface area contributed by atoms with Crippen LogP contribution in [0.1, 0.15) is 19.4 Å². The topological polar surface area (TPSA) is 59.1 Å². The number of hydrogen-bond acceptors (Lipinski definition) is 5. The summed E-state index contributed by atoms with van der Waals surface area (Å²) >= 11 is 0. The molecule has 3 rings (SSSR count). The van der Waals surface area contributed by atoms with E-state index >= 15 is 0 Å². The van der Waals surface area contributed by atoms with E-state index in [2.05, 4.69) is 51.8 Å². The van der Waals surface area contributed by atoms with E-state index < -0.39 is 0 Å². The number of aromatic nitrogens is 2. The van der Waals surface area contributed by atoms with Gasteiger partial charge in [0.2, 0.25) is 5.95 Å². The van der Waals surface area contributed by atoms with E-state index in [1.54, 1.807) is 6.20 Å². The summed E-state index contributed by atoms with van der Waals surface area (Å²) in [4.78, 5) is 8.81. The van der Waals surface area contributed by atoms with Crippen molar-refractivity contribution in [2.45, 2.75) is 20.3 Å². The fourth-order valence-electron chi connectivity index (χ4n) is 2.43. The van der Waals surface area contributed by atoms with Gasteiger partial charge in [0.05, 0.1) is 12.3 Å². The number of hydrogen-bond donors (Lipinski definition) is 2. The minimum absolute atomic E-state index is 0.516. The molecule has 25 heavy (non-hydrogen) atoms. The molecule has 0 saturated heterocycles. The Labute approximate surface area is 148 Å². The quantitative estimate of drug-likeness (QED) is 0.642. The molecule has 0 fully saturated rings. The van der Waals surface area contributed by atoms with Gasteiger partial charge in [-0.3, -0.25) is 0 Å². The van der Waals surface area contributed by atoms with Crippen LogP contribution in [0, 0.1) is 0 Å². The van der Waals surface area contributed by atoms with Crippen LogP contribution in [0.4, 0.5) is 23.1 Å². The Morgan fingerprint density at radius 1 is 0.920 bits per heavy atom. The van der Waals surface area contributed by atoms with Crippen molar-refractivity contribution in [2.24, 2.45) is 0 Å². The highest BCUT2D eigenvalue weighted by Crippen LogP contribution is 2.26. The lowest BCUT2D eigenvalue weighted by atomic mass is 10.1. The molecule has 0 aliphatic heterocycles. The fourth-order valence-corrected chi connectivity index (χ4v) is 2.43. The van der Waals surface area contributed by atoms with Gasteiger partial charge in [-0.2, -0.15) is 4.98 Å². The summed E-state index contributed by atoms with van der Waals surface area (Å²) in [5.41, 5.74) is 3.15. The van der Waals surface area contributed by atoms with Gasteiger partial charge >= 0.3 is 0 Å². The second-order valence-electron chi connectivity index (χ2n) is 5.50. The molecule has 2 aromatic carbocycles. The summed E-state index contributed by atoms with van der Waals surface area (Å²) in [6, 6.07) is 17.9. The average molecular weight is 334 g/mol. The Morgan fingerprint density at radius 2 is 1.72 bits per heavy atom. The number of nitrogens with zero attached hydrogens (tertiary/aromatic N) is 2. The number of ether oxygens (including phenoxy) is 1. The number of rotatable bonds is 7. The molecule has 3 aromatic rings. The molecule has 2 N–H and O–H groups in total. The molecule has 5 nitrogen and oxygen atoms in total. The van der Waals surface area contributed by atoms with Crippen LogP contribution in [-0.2, 0) is 6.42 Å². The van der Waals surface area contributed by atoms with Crippen molar-refractivity contribution in [1.82, 2.24) is 9.97 Å². The van der Waals surface area contributed by atoms with Gasteiger partial charge in [-0.1, -0.05) is 31.2 Å². The van der Waals surface area contributed by atoms with Crippen LogP contribution in [0.15, 0.2) is 60.8 Å². The Hall–Kier alpha value is -3.08. The van der Waals surface area contributed by atoms with Gasteiger partial charge in [0.1, 0.15) is 11.6 Å². The highest BCUT2D eigenvalue weighted by Gasteiger charge is 2.05. The average Bonchev–Trinajstić information content (AvgIpc) is 2.65. The summed E-state index contributed by atoms with van der Waals surface area (Å²) < 4.78 is 5.62. The highest BCUT2D eigenvalue weighted by molar-refractivity contribution is 5.64. The summed E-state index contributed by atoms with van der Waals surface area (Å²) in [5.74, 6) is 2.03. The van der Waals surface area contributed by atoms with Crippen LogP contribution < -0.4 is 15.4 Å². The SMILES string of the molecule is CCOc1ccccc1Nc1nccc(Nc2ccc(CC)cc2)n1. The van der Waals surface area contributed by atoms with Gasteiger partial charge in [-0.25, -0.2) is 4.98 Å². The third-order valence-electron chi connectivity index (χ3n) is 3.72. The smallest absolute Gasteiger partial charge is 0.229 e. The van der Waals surface area contributed by atoms with Crippen molar-refractivity contribution in [1.29, 1.82) is 0 Å². The Bertz CT molecular complexity index is 818. The molecular weight excluding hydrogens is 312 g/mol. The van der Waals surface area contributed by atoms with Crippen LogP contribution >= 0.6 is 0 Å².